The van der Waals surface area contributed by atoms with Crippen LogP contribution in [0, 0.1) is 5.92 Å². The number of tetrazole rings is 1. The van der Waals surface area contributed by atoms with Crippen molar-refractivity contribution in [1.29, 1.82) is 0 Å². The third-order valence-electron chi connectivity index (χ3n) is 3.58. The van der Waals surface area contributed by atoms with Crippen LogP contribution in [0.2, 0.25) is 0 Å². The number of carbonyl (C=O) groups excluding carboxylic acids is 1. The quantitative estimate of drug-likeness (QED) is 0.780. The highest BCUT2D eigenvalue weighted by Crippen LogP contribution is 2.23. The molecule has 0 radical (unpaired) electrons. The molecule has 2 rings (SSSR count). The van der Waals surface area contributed by atoms with E-state index in [1.165, 1.54) is 24.6 Å². The van der Waals surface area contributed by atoms with Crippen LogP contribution < -0.4 is 0 Å². The lowest BCUT2D eigenvalue weighted by molar-refractivity contribution is -0.130. The van der Waals surface area contributed by atoms with Gasteiger partial charge in [-0.15, -0.1) is 5.10 Å². The lowest BCUT2D eigenvalue weighted by atomic mass is 10.2. The summed E-state index contributed by atoms with van der Waals surface area (Å²) in [5.74, 6) is 0.686. The van der Waals surface area contributed by atoms with Gasteiger partial charge in [-0.05, 0) is 36.1 Å². The number of rotatable bonds is 5. The number of thioether (sulfide) groups is 1. The van der Waals surface area contributed by atoms with Gasteiger partial charge in [0.2, 0.25) is 11.1 Å². The lowest BCUT2D eigenvalue weighted by Gasteiger charge is -2.23. The summed E-state index contributed by atoms with van der Waals surface area (Å²) >= 11 is 1.46. The minimum absolute atomic E-state index is 0.139. The normalized spacial score (nSPS) is 17.8. The second-order valence-corrected chi connectivity index (χ2v) is 7.34. The molecule has 1 aromatic rings. The van der Waals surface area contributed by atoms with E-state index < -0.39 is 0 Å². The van der Waals surface area contributed by atoms with Gasteiger partial charge in [0, 0.05) is 19.6 Å². The van der Waals surface area contributed by atoms with Crippen LogP contribution in [0.4, 0.5) is 0 Å². The van der Waals surface area contributed by atoms with Gasteiger partial charge >= 0.3 is 0 Å². The van der Waals surface area contributed by atoms with Gasteiger partial charge in [0.25, 0.3) is 0 Å². The fraction of sp³-hybridized carbons (Fsp3) is 0.857. The second kappa shape index (κ2) is 7.77. The Morgan fingerprint density at radius 3 is 2.48 bits per heavy atom. The third-order valence-corrected chi connectivity index (χ3v) is 4.64. The monoisotopic (exact) mass is 311 g/mol. The number of nitrogens with zero attached hydrogens (tertiary/aromatic N) is 5. The van der Waals surface area contributed by atoms with Crippen LogP contribution in [-0.4, -0.2) is 49.4 Å². The molecule has 1 aromatic heterocycles. The van der Waals surface area contributed by atoms with Gasteiger partial charge in [-0.3, -0.25) is 4.79 Å². The maximum absolute atomic E-state index is 12.5. The standard InChI is InChI=1S/C14H25N5OS/c1-11(2)10-19-14(15-16-17-19)21-12(3)13(20)18-8-6-4-5-7-9-18/h11-12H,4-10H2,1-3H3. The molecule has 7 heteroatoms. The number of likely N-dealkylation sites (tertiary alicyclic amines) is 1. The highest BCUT2D eigenvalue weighted by atomic mass is 32.2. The number of aromatic nitrogens is 4. The van der Waals surface area contributed by atoms with Gasteiger partial charge in [-0.1, -0.05) is 38.5 Å². The SMILES string of the molecule is CC(C)Cn1nnnc1SC(C)C(=O)N1CCCCCC1. The predicted octanol–water partition coefficient (Wildman–Crippen LogP) is 2.21. The summed E-state index contributed by atoms with van der Waals surface area (Å²) in [7, 11) is 0. The lowest BCUT2D eigenvalue weighted by Crippen LogP contribution is -2.37. The van der Waals surface area contributed by atoms with Gasteiger partial charge in [0.15, 0.2) is 0 Å². The van der Waals surface area contributed by atoms with Gasteiger partial charge in [0.05, 0.1) is 5.25 Å². The number of carbonyl (C=O) groups is 1. The van der Waals surface area contributed by atoms with Crippen molar-refractivity contribution >= 4 is 17.7 Å². The number of amides is 1. The maximum atomic E-state index is 12.5. The van der Waals surface area contributed by atoms with E-state index in [2.05, 4.69) is 29.4 Å². The molecule has 0 aromatic carbocycles. The van der Waals surface area contributed by atoms with Gasteiger partial charge in [0.1, 0.15) is 0 Å². The summed E-state index contributed by atoms with van der Waals surface area (Å²) in [5, 5.41) is 12.4. The van der Waals surface area contributed by atoms with E-state index in [-0.39, 0.29) is 11.2 Å². The Kier molecular flexibility index (Phi) is 6.02. The van der Waals surface area contributed by atoms with Crippen LogP contribution in [0.5, 0.6) is 0 Å². The van der Waals surface area contributed by atoms with Crippen molar-refractivity contribution < 1.29 is 4.79 Å². The van der Waals surface area contributed by atoms with E-state index in [0.717, 1.165) is 37.6 Å². The topological polar surface area (TPSA) is 63.9 Å². The summed E-state index contributed by atoms with van der Waals surface area (Å²) in [4.78, 5) is 14.5. The third kappa shape index (κ3) is 4.69. The Labute approximate surface area is 130 Å². The minimum Gasteiger partial charge on any atom is -0.342 e. The molecule has 1 aliphatic heterocycles. The fourth-order valence-corrected chi connectivity index (χ4v) is 3.38. The number of hydrogen-bond donors (Lipinski definition) is 0. The molecule has 6 nitrogen and oxygen atoms in total. The van der Waals surface area contributed by atoms with Crippen LogP contribution in [0.3, 0.4) is 0 Å². The van der Waals surface area contributed by atoms with Crippen molar-refractivity contribution in [1.82, 2.24) is 25.1 Å². The smallest absolute Gasteiger partial charge is 0.235 e. The first-order chi connectivity index (χ1) is 10.1. The Balaban J connectivity index is 1.95. The zero-order chi connectivity index (χ0) is 15.2. The molecular formula is C14H25N5OS. The van der Waals surface area contributed by atoms with Crippen LogP contribution >= 0.6 is 11.8 Å². The average Bonchev–Trinajstić information content (AvgIpc) is 2.71. The van der Waals surface area contributed by atoms with Crippen LogP contribution in [0.15, 0.2) is 5.16 Å². The van der Waals surface area contributed by atoms with E-state index in [0.29, 0.717) is 5.92 Å². The highest BCUT2D eigenvalue weighted by molar-refractivity contribution is 8.00. The zero-order valence-corrected chi connectivity index (χ0v) is 14.0. The van der Waals surface area contributed by atoms with Crippen molar-refractivity contribution in [2.24, 2.45) is 5.92 Å². The van der Waals surface area contributed by atoms with Crippen LogP contribution in [0.1, 0.15) is 46.5 Å². The van der Waals surface area contributed by atoms with Crippen molar-refractivity contribution in [3.63, 3.8) is 0 Å². The number of hydrogen-bond acceptors (Lipinski definition) is 5. The van der Waals surface area contributed by atoms with E-state index in [1.54, 1.807) is 4.68 Å². The molecule has 1 aliphatic rings. The van der Waals surface area contributed by atoms with E-state index in [4.69, 9.17) is 0 Å². The Morgan fingerprint density at radius 2 is 1.86 bits per heavy atom. The fourth-order valence-electron chi connectivity index (χ4n) is 2.50. The molecule has 21 heavy (non-hydrogen) atoms. The summed E-state index contributed by atoms with van der Waals surface area (Å²) in [5.41, 5.74) is 0. The molecule has 1 saturated heterocycles. The van der Waals surface area contributed by atoms with Gasteiger partial charge < -0.3 is 4.90 Å². The summed E-state index contributed by atoms with van der Waals surface area (Å²) in [6.45, 7) is 8.76. The Morgan fingerprint density at radius 1 is 1.19 bits per heavy atom. The first kappa shape index (κ1) is 16.3. The van der Waals surface area contributed by atoms with Crippen molar-refractivity contribution in [2.45, 2.75) is 63.4 Å². The maximum Gasteiger partial charge on any atom is 0.235 e. The zero-order valence-electron chi connectivity index (χ0n) is 13.2. The molecule has 0 bridgehead atoms. The predicted molar refractivity (Wildman–Crippen MR) is 83.0 cm³/mol. The van der Waals surface area contributed by atoms with E-state index in [1.807, 2.05) is 11.8 Å². The molecule has 1 unspecified atom stereocenters. The molecule has 0 aliphatic carbocycles. The molecule has 1 amide bonds. The Hall–Kier alpha value is -1.11. The van der Waals surface area contributed by atoms with E-state index >= 15 is 0 Å². The first-order valence-electron chi connectivity index (χ1n) is 7.79. The first-order valence-corrected chi connectivity index (χ1v) is 8.67. The molecule has 0 N–H and O–H groups in total. The molecule has 2 heterocycles. The van der Waals surface area contributed by atoms with Gasteiger partial charge in [-0.25, -0.2) is 4.68 Å². The van der Waals surface area contributed by atoms with Gasteiger partial charge in [-0.2, -0.15) is 0 Å². The summed E-state index contributed by atoms with van der Waals surface area (Å²) < 4.78 is 1.79. The minimum atomic E-state index is -0.139. The van der Waals surface area contributed by atoms with Crippen molar-refractivity contribution in [3.8, 4) is 0 Å². The molecular weight excluding hydrogens is 286 g/mol. The molecule has 0 spiro atoms. The molecule has 1 fully saturated rings. The summed E-state index contributed by atoms with van der Waals surface area (Å²) in [6.07, 6.45) is 4.71. The van der Waals surface area contributed by atoms with Crippen LogP contribution in [0.25, 0.3) is 0 Å². The van der Waals surface area contributed by atoms with Crippen LogP contribution in [-0.2, 0) is 11.3 Å². The second-order valence-electron chi connectivity index (χ2n) is 6.04. The summed E-state index contributed by atoms with van der Waals surface area (Å²) in [6, 6.07) is 0. The average molecular weight is 311 g/mol. The van der Waals surface area contributed by atoms with Crippen molar-refractivity contribution in [2.75, 3.05) is 13.1 Å². The largest absolute Gasteiger partial charge is 0.342 e. The highest BCUT2D eigenvalue weighted by Gasteiger charge is 2.24. The molecule has 118 valence electrons. The van der Waals surface area contributed by atoms with E-state index in [9.17, 15) is 4.79 Å². The van der Waals surface area contributed by atoms with Crippen molar-refractivity contribution in [3.05, 3.63) is 0 Å². The molecule has 0 saturated carbocycles. The molecule has 1 atom stereocenters. The Bertz CT molecular complexity index is 454.